The Morgan fingerprint density at radius 2 is 1.89 bits per heavy atom. The second kappa shape index (κ2) is 5.73. The molecule has 3 N–H and O–H groups in total. The van der Waals surface area contributed by atoms with Gasteiger partial charge in [0.25, 0.3) is 5.91 Å². The molecule has 1 amide bonds. The van der Waals surface area contributed by atoms with Crippen molar-refractivity contribution in [3.8, 4) is 0 Å². The third-order valence-electron chi connectivity index (χ3n) is 3.52. The number of nitrogens with two attached hydrogens (primary N) is 1. The Morgan fingerprint density at radius 3 is 2.47 bits per heavy atom. The molecule has 1 aliphatic carbocycles. The summed E-state index contributed by atoms with van der Waals surface area (Å²) in [5, 5.41) is 8.98. The third-order valence-corrected chi connectivity index (χ3v) is 3.52. The Labute approximate surface area is 112 Å². The lowest BCUT2D eigenvalue weighted by Crippen LogP contribution is -2.42. The van der Waals surface area contributed by atoms with Gasteiger partial charge in [0, 0.05) is 11.7 Å². The maximum absolute atomic E-state index is 12.5. The molecule has 0 unspecified atom stereocenters. The number of carboxylic acid groups (broad SMARTS) is 1. The number of benzene rings is 1. The summed E-state index contributed by atoms with van der Waals surface area (Å²) >= 11 is 0. The summed E-state index contributed by atoms with van der Waals surface area (Å²) < 4.78 is 0. The van der Waals surface area contributed by atoms with E-state index in [-0.39, 0.29) is 18.5 Å². The fourth-order valence-corrected chi connectivity index (χ4v) is 2.57. The molecule has 102 valence electrons. The van der Waals surface area contributed by atoms with E-state index in [0.717, 1.165) is 25.7 Å². The molecule has 5 heteroatoms. The standard InChI is InChI=1S/C14H18N2O3/c15-12-8-4-3-7-11(12)14(19)16(9-13(17)18)10-5-1-2-6-10/h3-4,7-8,10H,1-2,5-6,9,15H2,(H,17,18). The van der Waals surface area contributed by atoms with Crippen molar-refractivity contribution in [2.45, 2.75) is 31.7 Å². The summed E-state index contributed by atoms with van der Waals surface area (Å²) in [5.74, 6) is -1.28. The van der Waals surface area contributed by atoms with Crippen LogP contribution < -0.4 is 5.73 Å². The lowest BCUT2D eigenvalue weighted by Gasteiger charge is -2.27. The fraction of sp³-hybridized carbons (Fsp3) is 0.429. The summed E-state index contributed by atoms with van der Waals surface area (Å²) in [6, 6.07) is 6.80. The van der Waals surface area contributed by atoms with Crippen LogP contribution in [0.4, 0.5) is 5.69 Å². The molecule has 1 aromatic carbocycles. The highest BCUT2D eigenvalue weighted by molar-refractivity contribution is 6.00. The maximum Gasteiger partial charge on any atom is 0.323 e. The van der Waals surface area contributed by atoms with Gasteiger partial charge in [-0.3, -0.25) is 9.59 Å². The molecule has 1 aromatic rings. The van der Waals surface area contributed by atoms with Gasteiger partial charge in [-0.25, -0.2) is 0 Å². The number of rotatable bonds is 4. The van der Waals surface area contributed by atoms with Crippen molar-refractivity contribution in [3.63, 3.8) is 0 Å². The monoisotopic (exact) mass is 262 g/mol. The molecule has 2 rings (SSSR count). The third kappa shape index (κ3) is 3.05. The topological polar surface area (TPSA) is 83.6 Å². The highest BCUT2D eigenvalue weighted by Gasteiger charge is 2.29. The Bertz CT molecular complexity index is 481. The van der Waals surface area contributed by atoms with E-state index in [1.165, 1.54) is 4.90 Å². The van der Waals surface area contributed by atoms with E-state index >= 15 is 0 Å². The number of nitrogens with zero attached hydrogens (tertiary/aromatic N) is 1. The SMILES string of the molecule is Nc1ccccc1C(=O)N(CC(=O)O)C1CCCC1. The molecule has 0 saturated heterocycles. The van der Waals surface area contributed by atoms with Crippen LogP contribution >= 0.6 is 0 Å². The van der Waals surface area contributed by atoms with Gasteiger partial charge in [-0.15, -0.1) is 0 Å². The quantitative estimate of drug-likeness (QED) is 0.809. The molecule has 1 saturated carbocycles. The predicted molar refractivity (Wildman–Crippen MR) is 71.8 cm³/mol. The Balaban J connectivity index is 2.24. The largest absolute Gasteiger partial charge is 0.480 e. The number of carbonyl (C=O) groups is 2. The summed E-state index contributed by atoms with van der Waals surface area (Å²) in [5.41, 5.74) is 6.57. The van der Waals surface area contributed by atoms with Crippen molar-refractivity contribution in [2.75, 3.05) is 12.3 Å². The van der Waals surface area contributed by atoms with E-state index in [9.17, 15) is 9.59 Å². The van der Waals surface area contributed by atoms with E-state index in [0.29, 0.717) is 11.3 Å². The van der Waals surface area contributed by atoms with Crippen LogP contribution in [0.5, 0.6) is 0 Å². The molecule has 0 bridgehead atoms. The molecule has 1 fully saturated rings. The highest BCUT2D eigenvalue weighted by Crippen LogP contribution is 2.25. The predicted octanol–water partition coefficient (Wildman–Crippen LogP) is 1.74. The second-order valence-corrected chi connectivity index (χ2v) is 4.85. The number of anilines is 1. The number of amides is 1. The second-order valence-electron chi connectivity index (χ2n) is 4.85. The van der Waals surface area contributed by atoms with Gasteiger partial charge in [-0.1, -0.05) is 25.0 Å². The van der Waals surface area contributed by atoms with Gasteiger partial charge >= 0.3 is 5.97 Å². The Morgan fingerprint density at radius 1 is 1.26 bits per heavy atom. The van der Waals surface area contributed by atoms with Crippen LogP contribution in [0, 0.1) is 0 Å². The molecule has 0 atom stereocenters. The maximum atomic E-state index is 12.5. The van der Waals surface area contributed by atoms with E-state index in [1.54, 1.807) is 24.3 Å². The first-order valence-corrected chi connectivity index (χ1v) is 6.47. The molecule has 0 heterocycles. The molecule has 0 aliphatic heterocycles. The highest BCUT2D eigenvalue weighted by atomic mass is 16.4. The first-order valence-electron chi connectivity index (χ1n) is 6.47. The summed E-state index contributed by atoms with van der Waals surface area (Å²) in [6.45, 7) is -0.266. The summed E-state index contributed by atoms with van der Waals surface area (Å²) in [6.07, 6.45) is 3.81. The van der Waals surface area contributed by atoms with Crippen molar-refractivity contribution in [2.24, 2.45) is 0 Å². The number of para-hydroxylation sites is 1. The average Bonchev–Trinajstić information content (AvgIpc) is 2.89. The van der Waals surface area contributed by atoms with Crippen LogP contribution in [-0.2, 0) is 4.79 Å². The number of hydrogen-bond acceptors (Lipinski definition) is 3. The first kappa shape index (κ1) is 13.4. The number of hydrogen-bond donors (Lipinski definition) is 2. The minimum Gasteiger partial charge on any atom is -0.480 e. The minimum atomic E-state index is -0.991. The van der Waals surface area contributed by atoms with Crippen LogP contribution in [0.3, 0.4) is 0 Å². The smallest absolute Gasteiger partial charge is 0.323 e. The number of nitrogen functional groups attached to an aromatic ring is 1. The van der Waals surface area contributed by atoms with E-state index in [1.807, 2.05) is 0 Å². The van der Waals surface area contributed by atoms with Crippen molar-refractivity contribution in [3.05, 3.63) is 29.8 Å². The Kier molecular flexibility index (Phi) is 4.04. The first-order chi connectivity index (χ1) is 9.09. The molecular weight excluding hydrogens is 244 g/mol. The van der Waals surface area contributed by atoms with Crippen LogP contribution in [0.1, 0.15) is 36.0 Å². The minimum absolute atomic E-state index is 0.0169. The van der Waals surface area contributed by atoms with Gasteiger partial charge in [-0.2, -0.15) is 0 Å². The summed E-state index contributed by atoms with van der Waals surface area (Å²) in [7, 11) is 0. The van der Waals surface area contributed by atoms with Crippen molar-refractivity contribution >= 4 is 17.6 Å². The van der Waals surface area contributed by atoms with Gasteiger partial charge in [0.1, 0.15) is 6.54 Å². The van der Waals surface area contributed by atoms with Crippen LogP contribution in [0.2, 0.25) is 0 Å². The zero-order valence-corrected chi connectivity index (χ0v) is 10.7. The van der Waals surface area contributed by atoms with Crippen LogP contribution in [0.15, 0.2) is 24.3 Å². The number of carbonyl (C=O) groups excluding carboxylic acids is 1. The van der Waals surface area contributed by atoms with E-state index in [2.05, 4.69) is 0 Å². The van der Waals surface area contributed by atoms with Crippen LogP contribution in [0.25, 0.3) is 0 Å². The van der Waals surface area contributed by atoms with Gasteiger partial charge < -0.3 is 15.7 Å². The normalized spacial score (nSPS) is 15.4. The zero-order valence-electron chi connectivity index (χ0n) is 10.7. The molecule has 0 spiro atoms. The average molecular weight is 262 g/mol. The van der Waals surface area contributed by atoms with Gasteiger partial charge in [0.2, 0.25) is 0 Å². The van der Waals surface area contributed by atoms with Gasteiger partial charge in [0.15, 0.2) is 0 Å². The molecule has 0 radical (unpaired) electrons. The number of aliphatic carboxylic acids is 1. The zero-order chi connectivity index (χ0) is 13.8. The lowest BCUT2D eigenvalue weighted by molar-refractivity contribution is -0.138. The number of carboxylic acids is 1. The lowest BCUT2D eigenvalue weighted by atomic mass is 10.1. The van der Waals surface area contributed by atoms with Gasteiger partial charge in [0.05, 0.1) is 5.56 Å². The van der Waals surface area contributed by atoms with E-state index in [4.69, 9.17) is 10.8 Å². The molecule has 19 heavy (non-hydrogen) atoms. The molecule has 5 nitrogen and oxygen atoms in total. The molecule has 0 aromatic heterocycles. The van der Waals surface area contributed by atoms with Crippen molar-refractivity contribution in [1.29, 1.82) is 0 Å². The van der Waals surface area contributed by atoms with E-state index < -0.39 is 5.97 Å². The van der Waals surface area contributed by atoms with Gasteiger partial charge in [-0.05, 0) is 25.0 Å². The molecular formula is C14H18N2O3. The molecule has 1 aliphatic rings. The fourth-order valence-electron chi connectivity index (χ4n) is 2.57. The van der Waals surface area contributed by atoms with Crippen molar-refractivity contribution in [1.82, 2.24) is 4.90 Å². The Hall–Kier alpha value is -2.04. The summed E-state index contributed by atoms with van der Waals surface area (Å²) in [4.78, 5) is 24.9. The van der Waals surface area contributed by atoms with Crippen LogP contribution in [-0.4, -0.2) is 34.5 Å². The van der Waals surface area contributed by atoms with Crippen molar-refractivity contribution < 1.29 is 14.7 Å².